The van der Waals surface area contributed by atoms with Crippen LogP contribution in [-0.2, 0) is 6.42 Å². The number of pyridine rings is 1. The largest absolute Gasteiger partial charge is 0.370 e. The summed E-state index contributed by atoms with van der Waals surface area (Å²) in [5, 5.41) is 18.6. The highest BCUT2D eigenvalue weighted by Gasteiger charge is 2.01. The van der Waals surface area contributed by atoms with E-state index in [1.807, 2.05) is 6.07 Å². The molecule has 0 aliphatic rings. The van der Waals surface area contributed by atoms with E-state index in [1.54, 1.807) is 6.07 Å². The maximum atomic E-state index is 8.77. The molecule has 2 N–H and O–H groups in total. The maximum absolute atomic E-state index is 8.77. The van der Waals surface area contributed by atoms with Crippen LogP contribution in [0.1, 0.15) is 11.4 Å². The van der Waals surface area contributed by atoms with Gasteiger partial charge in [-0.2, -0.15) is 10.4 Å². The summed E-state index contributed by atoms with van der Waals surface area (Å²) >= 11 is 5.78. The molecule has 0 bridgehead atoms. The van der Waals surface area contributed by atoms with E-state index in [1.165, 1.54) is 12.4 Å². The van der Waals surface area contributed by atoms with Gasteiger partial charge in [0, 0.05) is 13.0 Å². The molecule has 86 valence electrons. The molecule has 17 heavy (non-hydrogen) atoms. The molecule has 0 saturated heterocycles. The number of nitrogens with zero attached hydrogens (tertiary/aromatic N) is 4. The molecule has 0 unspecified atom stereocenters. The molecule has 0 aliphatic carbocycles. The summed E-state index contributed by atoms with van der Waals surface area (Å²) < 4.78 is 0. The van der Waals surface area contributed by atoms with Crippen LogP contribution in [0, 0.1) is 11.3 Å². The number of nitriles is 1. The number of halogens is 1. The Morgan fingerprint density at radius 3 is 3.06 bits per heavy atom. The van der Waals surface area contributed by atoms with E-state index in [2.05, 4.69) is 25.5 Å². The lowest BCUT2D eigenvalue weighted by molar-refractivity contribution is 0.897. The van der Waals surface area contributed by atoms with Crippen LogP contribution in [0.15, 0.2) is 18.5 Å². The van der Waals surface area contributed by atoms with Crippen molar-refractivity contribution in [2.24, 2.45) is 0 Å². The molecule has 2 rings (SSSR count). The van der Waals surface area contributed by atoms with Gasteiger partial charge in [-0.3, -0.25) is 5.10 Å². The lowest BCUT2D eigenvalue weighted by Crippen LogP contribution is -2.07. The fourth-order valence-electron chi connectivity index (χ4n) is 1.31. The van der Waals surface area contributed by atoms with Crippen LogP contribution in [0.25, 0.3) is 0 Å². The Morgan fingerprint density at radius 1 is 1.47 bits per heavy atom. The Balaban J connectivity index is 1.95. The van der Waals surface area contributed by atoms with E-state index < -0.39 is 0 Å². The average Bonchev–Trinajstić information content (AvgIpc) is 2.81. The summed E-state index contributed by atoms with van der Waals surface area (Å²) in [7, 11) is 0. The second-order valence-corrected chi connectivity index (χ2v) is 3.67. The van der Waals surface area contributed by atoms with Crippen molar-refractivity contribution >= 4 is 17.4 Å². The van der Waals surface area contributed by atoms with Gasteiger partial charge in [-0.1, -0.05) is 11.6 Å². The number of aromatic nitrogens is 4. The summed E-state index contributed by atoms with van der Waals surface area (Å²) in [6, 6.07) is 5.18. The first-order valence-corrected chi connectivity index (χ1v) is 5.31. The highest BCUT2D eigenvalue weighted by Crippen LogP contribution is 2.13. The Morgan fingerprint density at radius 2 is 2.35 bits per heavy atom. The van der Waals surface area contributed by atoms with Gasteiger partial charge in [0.2, 0.25) is 0 Å². The van der Waals surface area contributed by atoms with Crippen LogP contribution in [0.3, 0.4) is 0 Å². The Bertz CT molecular complexity index is 530. The van der Waals surface area contributed by atoms with Crippen molar-refractivity contribution in [2.75, 3.05) is 11.9 Å². The lowest BCUT2D eigenvalue weighted by atomic mass is 10.3. The molecule has 7 heteroatoms. The SMILES string of the molecule is N#Cc1cc(Cl)nc(NCCc2ncn[nH]2)c1. The van der Waals surface area contributed by atoms with E-state index in [4.69, 9.17) is 16.9 Å². The van der Waals surface area contributed by atoms with Crippen molar-refractivity contribution in [2.45, 2.75) is 6.42 Å². The summed E-state index contributed by atoms with van der Waals surface area (Å²) in [6.07, 6.45) is 2.15. The molecular formula is C10H9ClN6. The first-order valence-electron chi connectivity index (χ1n) is 4.94. The normalized spacial score (nSPS) is 9.88. The number of hydrogen-bond donors (Lipinski definition) is 2. The molecular weight excluding hydrogens is 240 g/mol. The van der Waals surface area contributed by atoms with Crippen LogP contribution in [-0.4, -0.2) is 26.7 Å². The van der Waals surface area contributed by atoms with Crippen molar-refractivity contribution in [1.82, 2.24) is 20.2 Å². The van der Waals surface area contributed by atoms with Gasteiger partial charge < -0.3 is 5.32 Å². The number of nitrogens with one attached hydrogen (secondary N) is 2. The highest BCUT2D eigenvalue weighted by molar-refractivity contribution is 6.29. The Kier molecular flexibility index (Phi) is 3.52. The number of hydrogen-bond acceptors (Lipinski definition) is 5. The molecule has 2 aromatic rings. The summed E-state index contributed by atoms with van der Waals surface area (Å²) in [5.74, 6) is 1.37. The minimum absolute atomic E-state index is 0.297. The van der Waals surface area contributed by atoms with Gasteiger partial charge in [-0.05, 0) is 12.1 Å². The van der Waals surface area contributed by atoms with Crippen LogP contribution in [0.2, 0.25) is 5.15 Å². The Hall–Kier alpha value is -2.13. The zero-order chi connectivity index (χ0) is 12.1. The highest BCUT2D eigenvalue weighted by atomic mass is 35.5. The van der Waals surface area contributed by atoms with Crippen LogP contribution < -0.4 is 5.32 Å². The third-order valence-electron chi connectivity index (χ3n) is 2.06. The van der Waals surface area contributed by atoms with Crippen LogP contribution in [0.4, 0.5) is 5.82 Å². The average molecular weight is 249 g/mol. The number of H-pyrrole nitrogens is 1. The number of aromatic amines is 1. The first kappa shape index (κ1) is 11.4. The predicted molar refractivity (Wildman–Crippen MR) is 62.5 cm³/mol. The standard InChI is InChI=1S/C10H9ClN6/c11-8-3-7(5-12)4-10(16-8)13-2-1-9-14-6-15-17-9/h3-4,6H,1-2H2,(H,13,16)(H,14,15,17). The van der Waals surface area contributed by atoms with Crippen LogP contribution >= 0.6 is 11.6 Å². The van der Waals surface area contributed by atoms with Crippen molar-refractivity contribution in [3.8, 4) is 6.07 Å². The fourth-order valence-corrected chi connectivity index (χ4v) is 1.52. The summed E-state index contributed by atoms with van der Waals surface area (Å²) in [6.45, 7) is 0.632. The van der Waals surface area contributed by atoms with Crippen molar-refractivity contribution in [1.29, 1.82) is 5.26 Å². The van der Waals surface area contributed by atoms with E-state index in [9.17, 15) is 0 Å². The maximum Gasteiger partial charge on any atom is 0.137 e. The zero-order valence-electron chi connectivity index (χ0n) is 8.81. The molecule has 0 amide bonds. The van der Waals surface area contributed by atoms with Gasteiger partial charge in [0.1, 0.15) is 23.1 Å². The quantitative estimate of drug-likeness (QED) is 0.798. The second-order valence-electron chi connectivity index (χ2n) is 3.28. The van der Waals surface area contributed by atoms with Gasteiger partial charge in [0.25, 0.3) is 0 Å². The van der Waals surface area contributed by atoms with E-state index in [-0.39, 0.29) is 0 Å². The van der Waals surface area contributed by atoms with Crippen molar-refractivity contribution in [3.63, 3.8) is 0 Å². The van der Waals surface area contributed by atoms with Gasteiger partial charge in [-0.15, -0.1) is 0 Å². The van der Waals surface area contributed by atoms with Crippen LogP contribution in [0.5, 0.6) is 0 Å². The first-order chi connectivity index (χ1) is 8.28. The molecule has 6 nitrogen and oxygen atoms in total. The smallest absolute Gasteiger partial charge is 0.137 e. The molecule has 0 aliphatic heterocycles. The zero-order valence-corrected chi connectivity index (χ0v) is 9.57. The molecule has 0 spiro atoms. The number of rotatable bonds is 4. The van der Waals surface area contributed by atoms with Crippen molar-refractivity contribution in [3.05, 3.63) is 35.0 Å². The number of anilines is 1. The third-order valence-corrected chi connectivity index (χ3v) is 2.25. The van der Waals surface area contributed by atoms with Gasteiger partial charge >= 0.3 is 0 Å². The predicted octanol–water partition coefficient (Wildman–Crippen LogP) is 1.38. The lowest BCUT2D eigenvalue weighted by Gasteiger charge is -2.04. The van der Waals surface area contributed by atoms with E-state index in [0.29, 0.717) is 29.5 Å². The molecule has 2 heterocycles. The minimum Gasteiger partial charge on any atom is -0.370 e. The van der Waals surface area contributed by atoms with Gasteiger partial charge in [0.05, 0.1) is 11.6 Å². The molecule has 0 saturated carbocycles. The van der Waals surface area contributed by atoms with E-state index in [0.717, 1.165) is 5.82 Å². The molecule has 0 aromatic carbocycles. The third kappa shape index (κ3) is 3.16. The second kappa shape index (κ2) is 5.27. The Labute approximate surface area is 103 Å². The summed E-state index contributed by atoms with van der Waals surface area (Å²) in [5.41, 5.74) is 0.479. The fraction of sp³-hybridized carbons (Fsp3) is 0.200. The van der Waals surface area contributed by atoms with Gasteiger partial charge in [0.15, 0.2) is 0 Å². The van der Waals surface area contributed by atoms with Crippen molar-refractivity contribution < 1.29 is 0 Å². The molecule has 0 radical (unpaired) electrons. The monoisotopic (exact) mass is 248 g/mol. The molecule has 0 fully saturated rings. The summed E-state index contributed by atoms with van der Waals surface area (Å²) in [4.78, 5) is 8.05. The van der Waals surface area contributed by atoms with Gasteiger partial charge in [-0.25, -0.2) is 9.97 Å². The van der Waals surface area contributed by atoms with E-state index >= 15 is 0 Å². The molecule has 2 aromatic heterocycles. The topological polar surface area (TPSA) is 90.3 Å². The minimum atomic E-state index is 0.297. The molecule has 0 atom stereocenters.